The van der Waals surface area contributed by atoms with Crippen molar-refractivity contribution in [3.8, 4) is 0 Å². The molecule has 8 nitrogen and oxygen atoms in total. The molecule has 0 radical (unpaired) electrons. The van der Waals surface area contributed by atoms with Crippen LogP contribution in [0.5, 0.6) is 0 Å². The molecule has 20 heavy (non-hydrogen) atoms. The molecule has 0 aromatic heterocycles. The van der Waals surface area contributed by atoms with Gasteiger partial charge in [0.25, 0.3) is 10.1 Å². The Bertz CT molecular complexity index is 440. The van der Waals surface area contributed by atoms with Crippen LogP contribution in [0.4, 0.5) is 4.79 Å². The van der Waals surface area contributed by atoms with E-state index in [4.69, 9.17) is 10.5 Å². The highest BCUT2D eigenvalue weighted by atomic mass is 32.2. The summed E-state index contributed by atoms with van der Waals surface area (Å²) in [7, 11) is -3.64. The normalized spacial score (nSPS) is 13.6. The fourth-order valence-corrected chi connectivity index (χ4v) is 1.61. The monoisotopic (exact) mass is 310 g/mol. The summed E-state index contributed by atoms with van der Waals surface area (Å²) in [6.07, 6.45) is 0.326. The Morgan fingerprint density at radius 2 is 1.85 bits per heavy atom. The molecule has 0 spiro atoms. The highest BCUT2D eigenvalue weighted by molar-refractivity contribution is 7.85. The molecule has 118 valence electrons. The zero-order valence-electron chi connectivity index (χ0n) is 12.1. The number of carbonyl (C=O) groups excluding carboxylic acids is 2. The van der Waals surface area contributed by atoms with Crippen LogP contribution in [0.15, 0.2) is 0 Å². The number of carbonyl (C=O) groups is 2. The third-order valence-electron chi connectivity index (χ3n) is 1.94. The molecule has 9 heteroatoms. The lowest BCUT2D eigenvalue weighted by Gasteiger charge is -2.23. The minimum atomic E-state index is -3.64. The van der Waals surface area contributed by atoms with Gasteiger partial charge >= 0.3 is 6.09 Å². The van der Waals surface area contributed by atoms with Crippen molar-refractivity contribution in [3.63, 3.8) is 0 Å². The Balaban J connectivity index is 4.51. The minimum Gasteiger partial charge on any atom is -0.444 e. The van der Waals surface area contributed by atoms with Gasteiger partial charge in [0.1, 0.15) is 5.60 Å². The molecular formula is C11H22N2O6S. The molecule has 0 rings (SSSR count). The predicted molar refractivity (Wildman–Crippen MR) is 72.4 cm³/mol. The first-order valence-corrected chi connectivity index (χ1v) is 7.83. The Hall–Kier alpha value is -1.35. The fourth-order valence-electron chi connectivity index (χ4n) is 1.19. The standard InChI is InChI=1S/C11H22N2O6S/c1-11(2,3)19-10(15)13-8(5-6-9(12)14)7-18-20(4,16)17/h8H,5-7H2,1-4H3,(H2,12,14)(H,13,15)/t8-/m0/s1. The first-order chi connectivity index (χ1) is 8.89. The average molecular weight is 310 g/mol. The van der Waals surface area contributed by atoms with E-state index in [0.717, 1.165) is 6.26 Å². The first-order valence-electron chi connectivity index (χ1n) is 6.01. The second-order valence-corrected chi connectivity index (χ2v) is 6.98. The van der Waals surface area contributed by atoms with E-state index < -0.39 is 33.8 Å². The van der Waals surface area contributed by atoms with Gasteiger partial charge in [-0.25, -0.2) is 4.79 Å². The van der Waals surface area contributed by atoms with E-state index in [-0.39, 0.29) is 19.4 Å². The molecule has 0 saturated carbocycles. The van der Waals surface area contributed by atoms with Crippen molar-refractivity contribution in [2.45, 2.75) is 45.3 Å². The van der Waals surface area contributed by atoms with Crippen molar-refractivity contribution in [2.75, 3.05) is 12.9 Å². The molecular weight excluding hydrogens is 288 g/mol. The zero-order valence-corrected chi connectivity index (χ0v) is 13.0. The van der Waals surface area contributed by atoms with Gasteiger partial charge in [-0.2, -0.15) is 8.42 Å². The topological polar surface area (TPSA) is 125 Å². The van der Waals surface area contributed by atoms with E-state index in [2.05, 4.69) is 9.50 Å². The highest BCUT2D eigenvalue weighted by Crippen LogP contribution is 2.08. The summed E-state index contributed by atoms with van der Waals surface area (Å²) >= 11 is 0. The fraction of sp³-hybridized carbons (Fsp3) is 0.818. The Kier molecular flexibility index (Phi) is 6.94. The number of hydrogen-bond acceptors (Lipinski definition) is 6. The molecule has 3 N–H and O–H groups in total. The van der Waals surface area contributed by atoms with Crippen LogP contribution in [0, 0.1) is 0 Å². The average Bonchev–Trinajstić information content (AvgIpc) is 2.17. The van der Waals surface area contributed by atoms with Crippen molar-refractivity contribution in [3.05, 3.63) is 0 Å². The van der Waals surface area contributed by atoms with Crippen LogP contribution >= 0.6 is 0 Å². The number of amides is 2. The summed E-state index contributed by atoms with van der Waals surface area (Å²) in [5, 5.41) is 2.44. The molecule has 0 aromatic carbocycles. The summed E-state index contributed by atoms with van der Waals surface area (Å²) in [5.41, 5.74) is 4.33. The lowest BCUT2D eigenvalue weighted by molar-refractivity contribution is -0.118. The summed E-state index contributed by atoms with van der Waals surface area (Å²) in [4.78, 5) is 22.3. The Morgan fingerprint density at radius 3 is 2.25 bits per heavy atom. The number of nitrogens with one attached hydrogen (secondary N) is 1. The van der Waals surface area contributed by atoms with Crippen LogP contribution in [0.25, 0.3) is 0 Å². The molecule has 0 aromatic rings. The molecule has 1 atom stereocenters. The van der Waals surface area contributed by atoms with E-state index in [1.165, 1.54) is 0 Å². The lowest BCUT2D eigenvalue weighted by Crippen LogP contribution is -2.42. The first kappa shape index (κ1) is 18.7. The van der Waals surface area contributed by atoms with Gasteiger partial charge in [0.05, 0.1) is 18.9 Å². The SMILES string of the molecule is CC(C)(C)OC(=O)N[C@@H](CCC(N)=O)COS(C)(=O)=O. The third-order valence-corrected chi connectivity index (χ3v) is 2.51. The van der Waals surface area contributed by atoms with E-state index in [1.807, 2.05) is 0 Å². The van der Waals surface area contributed by atoms with E-state index in [0.29, 0.717) is 0 Å². The van der Waals surface area contributed by atoms with Crippen LogP contribution in [0.2, 0.25) is 0 Å². The molecule has 0 fully saturated rings. The quantitative estimate of drug-likeness (QED) is 0.643. The minimum absolute atomic E-state index is 0.00636. The zero-order chi connectivity index (χ0) is 16.0. The Morgan fingerprint density at radius 1 is 1.30 bits per heavy atom. The van der Waals surface area contributed by atoms with Crippen LogP contribution in [0.1, 0.15) is 33.6 Å². The van der Waals surface area contributed by atoms with Crippen molar-refractivity contribution < 1.29 is 26.9 Å². The lowest BCUT2D eigenvalue weighted by atomic mass is 10.1. The van der Waals surface area contributed by atoms with Gasteiger partial charge in [-0.05, 0) is 27.2 Å². The number of hydrogen-bond donors (Lipinski definition) is 2. The van der Waals surface area contributed by atoms with E-state index in [1.54, 1.807) is 20.8 Å². The third kappa shape index (κ3) is 11.7. The van der Waals surface area contributed by atoms with Crippen molar-refractivity contribution in [1.29, 1.82) is 0 Å². The van der Waals surface area contributed by atoms with E-state index >= 15 is 0 Å². The number of rotatable bonds is 7. The highest BCUT2D eigenvalue weighted by Gasteiger charge is 2.21. The smallest absolute Gasteiger partial charge is 0.407 e. The van der Waals surface area contributed by atoms with Gasteiger partial charge < -0.3 is 15.8 Å². The second-order valence-electron chi connectivity index (χ2n) is 5.34. The molecule has 0 aliphatic heterocycles. The van der Waals surface area contributed by atoms with Gasteiger partial charge in [-0.1, -0.05) is 0 Å². The summed E-state index contributed by atoms with van der Waals surface area (Å²) in [5.74, 6) is -0.555. The van der Waals surface area contributed by atoms with Crippen molar-refractivity contribution in [2.24, 2.45) is 5.73 Å². The number of nitrogens with two attached hydrogens (primary N) is 1. The number of alkyl carbamates (subject to hydrolysis) is 1. The van der Waals surface area contributed by atoms with Crippen LogP contribution in [0.3, 0.4) is 0 Å². The predicted octanol–water partition coefficient (Wildman–Crippen LogP) is 0.121. The van der Waals surface area contributed by atoms with Gasteiger partial charge in [-0.3, -0.25) is 8.98 Å². The molecule has 0 heterocycles. The van der Waals surface area contributed by atoms with Gasteiger partial charge in [0, 0.05) is 6.42 Å². The van der Waals surface area contributed by atoms with Gasteiger partial charge in [0.15, 0.2) is 0 Å². The molecule has 0 saturated heterocycles. The largest absolute Gasteiger partial charge is 0.444 e. The van der Waals surface area contributed by atoms with Crippen molar-refractivity contribution >= 4 is 22.1 Å². The molecule has 2 amide bonds. The molecule has 0 bridgehead atoms. The maximum atomic E-state index is 11.6. The maximum Gasteiger partial charge on any atom is 0.407 e. The van der Waals surface area contributed by atoms with Crippen molar-refractivity contribution in [1.82, 2.24) is 5.32 Å². The Labute approximate surface area is 119 Å². The van der Waals surface area contributed by atoms with Gasteiger partial charge in [-0.15, -0.1) is 0 Å². The molecule has 0 unspecified atom stereocenters. The maximum absolute atomic E-state index is 11.6. The van der Waals surface area contributed by atoms with Crippen LogP contribution in [-0.2, 0) is 23.8 Å². The molecule has 0 aliphatic rings. The van der Waals surface area contributed by atoms with Gasteiger partial charge in [0.2, 0.25) is 5.91 Å². The number of ether oxygens (including phenoxy) is 1. The summed E-state index contributed by atoms with van der Waals surface area (Å²) in [6.45, 7) is 4.79. The summed E-state index contributed by atoms with van der Waals surface area (Å²) < 4.78 is 31.5. The number of primary amides is 1. The second kappa shape index (κ2) is 7.44. The van der Waals surface area contributed by atoms with E-state index in [9.17, 15) is 18.0 Å². The molecule has 0 aliphatic carbocycles. The summed E-state index contributed by atoms with van der Waals surface area (Å²) in [6, 6.07) is -0.688. The van der Waals surface area contributed by atoms with Crippen LogP contribution < -0.4 is 11.1 Å². The van der Waals surface area contributed by atoms with Crippen LogP contribution in [-0.4, -0.2) is 44.9 Å².